The lowest BCUT2D eigenvalue weighted by Gasteiger charge is -2.33. The van der Waals surface area contributed by atoms with Gasteiger partial charge in [-0.3, -0.25) is 4.90 Å². The molecule has 0 saturated carbocycles. The van der Waals surface area contributed by atoms with Crippen LogP contribution >= 0.6 is 0 Å². The smallest absolute Gasteiger partial charge is 0.127 e. The number of hydrogen-bond donors (Lipinski definition) is 1. The molecule has 106 valence electrons. The predicted octanol–water partition coefficient (Wildman–Crippen LogP) is 2.57. The Bertz CT molecular complexity index is 422. The van der Waals surface area contributed by atoms with Crippen molar-refractivity contribution >= 4 is 0 Å². The Hall–Kier alpha value is -1.26. The predicted molar refractivity (Wildman–Crippen MR) is 74.7 cm³/mol. The van der Waals surface area contributed by atoms with Crippen molar-refractivity contribution in [2.75, 3.05) is 26.9 Å². The van der Waals surface area contributed by atoms with Gasteiger partial charge in [0.1, 0.15) is 18.1 Å². The van der Waals surface area contributed by atoms with Crippen LogP contribution in [0.1, 0.15) is 31.9 Å². The van der Waals surface area contributed by atoms with Crippen molar-refractivity contribution < 1.29 is 14.6 Å². The van der Waals surface area contributed by atoms with Gasteiger partial charge in [-0.1, -0.05) is 6.92 Å². The van der Waals surface area contributed by atoms with Gasteiger partial charge in [0.25, 0.3) is 0 Å². The van der Waals surface area contributed by atoms with E-state index in [0.29, 0.717) is 19.3 Å². The molecule has 0 amide bonds. The van der Waals surface area contributed by atoms with Crippen molar-refractivity contribution in [3.63, 3.8) is 0 Å². The van der Waals surface area contributed by atoms with Gasteiger partial charge in [-0.05, 0) is 25.5 Å². The molecule has 1 aromatic rings. The standard InChI is InChI=1S/C15H23NO3/c1-4-11(2)16(7-8-18-3)14-10-19-15-9-12(17)5-6-13(14)15/h5-6,9,11,14,17H,4,7-8,10H2,1-3H3. The first kappa shape index (κ1) is 14.2. The lowest BCUT2D eigenvalue weighted by molar-refractivity contribution is 0.0770. The van der Waals surface area contributed by atoms with E-state index >= 15 is 0 Å². The summed E-state index contributed by atoms with van der Waals surface area (Å²) >= 11 is 0. The molecule has 1 N–H and O–H groups in total. The summed E-state index contributed by atoms with van der Waals surface area (Å²) in [6.07, 6.45) is 1.09. The first-order valence-corrected chi connectivity index (χ1v) is 6.87. The number of phenolic OH excluding ortho intramolecular Hbond substituents is 1. The Balaban J connectivity index is 2.20. The molecule has 2 atom stereocenters. The maximum atomic E-state index is 9.50. The number of hydrogen-bond acceptors (Lipinski definition) is 4. The molecule has 2 rings (SSSR count). The van der Waals surface area contributed by atoms with E-state index < -0.39 is 0 Å². The Kier molecular flexibility index (Phi) is 4.66. The zero-order valence-corrected chi connectivity index (χ0v) is 11.9. The highest BCUT2D eigenvalue weighted by molar-refractivity contribution is 5.44. The fourth-order valence-corrected chi connectivity index (χ4v) is 2.57. The van der Waals surface area contributed by atoms with Crippen LogP contribution in [0.3, 0.4) is 0 Å². The van der Waals surface area contributed by atoms with Gasteiger partial charge in [0.15, 0.2) is 0 Å². The zero-order chi connectivity index (χ0) is 13.8. The van der Waals surface area contributed by atoms with Crippen LogP contribution in [0, 0.1) is 0 Å². The quantitative estimate of drug-likeness (QED) is 0.858. The summed E-state index contributed by atoms with van der Waals surface area (Å²) in [6.45, 7) is 6.67. The normalized spacial score (nSPS) is 19.3. The van der Waals surface area contributed by atoms with Crippen LogP contribution < -0.4 is 4.74 Å². The van der Waals surface area contributed by atoms with E-state index in [2.05, 4.69) is 18.7 Å². The topological polar surface area (TPSA) is 41.9 Å². The van der Waals surface area contributed by atoms with E-state index in [1.54, 1.807) is 19.2 Å². The van der Waals surface area contributed by atoms with Crippen LogP contribution in [0.2, 0.25) is 0 Å². The van der Waals surface area contributed by atoms with Crippen LogP contribution in [-0.4, -0.2) is 42.9 Å². The van der Waals surface area contributed by atoms with E-state index in [1.807, 2.05) is 6.07 Å². The van der Waals surface area contributed by atoms with E-state index in [-0.39, 0.29) is 11.8 Å². The van der Waals surface area contributed by atoms with E-state index in [4.69, 9.17) is 9.47 Å². The maximum absolute atomic E-state index is 9.50. The number of nitrogens with zero attached hydrogens (tertiary/aromatic N) is 1. The van der Waals surface area contributed by atoms with Crippen LogP contribution in [0.4, 0.5) is 0 Å². The van der Waals surface area contributed by atoms with Gasteiger partial charge in [-0.15, -0.1) is 0 Å². The highest BCUT2D eigenvalue weighted by Gasteiger charge is 2.31. The number of methoxy groups -OCH3 is 1. The van der Waals surface area contributed by atoms with E-state index in [9.17, 15) is 5.11 Å². The minimum atomic E-state index is 0.251. The summed E-state index contributed by atoms with van der Waals surface area (Å²) in [6, 6.07) is 6.11. The molecule has 0 aliphatic carbocycles. The van der Waals surface area contributed by atoms with Gasteiger partial charge in [0, 0.05) is 31.3 Å². The minimum Gasteiger partial charge on any atom is -0.508 e. The maximum Gasteiger partial charge on any atom is 0.127 e. The second-order valence-corrected chi connectivity index (χ2v) is 5.04. The Labute approximate surface area is 114 Å². The minimum absolute atomic E-state index is 0.251. The number of ether oxygens (including phenoxy) is 2. The zero-order valence-electron chi connectivity index (χ0n) is 11.9. The fraction of sp³-hybridized carbons (Fsp3) is 0.600. The number of fused-ring (bicyclic) bond motifs is 1. The van der Waals surface area contributed by atoms with Gasteiger partial charge in [-0.25, -0.2) is 0 Å². The molecule has 0 fully saturated rings. The van der Waals surface area contributed by atoms with Gasteiger partial charge < -0.3 is 14.6 Å². The average Bonchev–Trinajstić information content (AvgIpc) is 2.81. The molecule has 4 heteroatoms. The van der Waals surface area contributed by atoms with Crippen LogP contribution in [0.25, 0.3) is 0 Å². The van der Waals surface area contributed by atoms with Crippen molar-refractivity contribution in [2.24, 2.45) is 0 Å². The second-order valence-electron chi connectivity index (χ2n) is 5.04. The number of benzene rings is 1. The Morgan fingerprint density at radius 3 is 3.00 bits per heavy atom. The van der Waals surface area contributed by atoms with Crippen LogP contribution in [-0.2, 0) is 4.74 Å². The molecule has 0 radical (unpaired) electrons. The van der Waals surface area contributed by atoms with E-state index in [0.717, 1.165) is 24.3 Å². The molecular weight excluding hydrogens is 242 g/mol. The van der Waals surface area contributed by atoms with Crippen LogP contribution in [0.15, 0.2) is 18.2 Å². The number of aromatic hydroxyl groups is 1. The fourth-order valence-electron chi connectivity index (χ4n) is 2.57. The molecule has 1 aliphatic rings. The van der Waals surface area contributed by atoms with Gasteiger partial charge >= 0.3 is 0 Å². The van der Waals surface area contributed by atoms with Gasteiger partial charge in [-0.2, -0.15) is 0 Å². The van der Waals surface area contributed by atoms with Crippen molar-refractivity contribution in [3.05, 3.63) is 23.8 Å². The van der Waals surface area contributed by atoms with Crippen molar-refractivity contribution in [3.8, 4) is 11.5 Å². The highest BCUT2D eigenvalue weighted by Crippen LogP contribution is 2.39. The molecule has 0 aromatic heterocycles. The first-order valence-electron chi connectivity index (χ1n) is 6.87. The molecule has 4 nitrogen and oxygen atoms in total. The third kappa shape index (κ3) is 3.01. The summed E-state index contributed by atoms with van der Waals surface area (Å²) in [7, 11) is 1.73. The molecule has 1 aromatic carbocycles. The highest BCUT2D eigenvalue weighted by atomic mass is 16.5. The van der Waals surface area contributed by atoms with Gasteiger partial charge in [0.05, 0.1) is 12.6 Å². The second kappa shape index (κ2) is 6.26. The lowest BCUT2D eigenvalue weighted by Crippen LogP contribution is -2.39. The summed E-state index contributed by atoms with van der Waals surface area (Å²) in [4.78, 5) is 2.42. The molecule has 2 unspecified atom stereocenters. The summed E-state index contributed by atoms with van der Waals surface area (Å²) in [5, 5.41) is 9.50. The first-order chi connectivity index (χ1) is 9.17. The summed E-state index contributed by atoms with van der Waals surface area (Å²) in [5.41, 5.74) is 1.16. The average molecular weight is 265 g/mol. The van der Waals surface area contributed by atoms with Crippen molar-refractivity contribution in [2.45, 2.75) is 32.4 Å². The van der Waals surface area contributed by atoms with E-state index in [1.165, 1.54) is 0 Å². The molecule has 1 aliphatic heterocycles. The Morgan fingerprint density at radius 2 is 2.32 bits per heavy atom. The van der Waals surface area contributed by atoms with Crippen LogP contribution in [0.5, 0.6) is 11.5 Å². The molecule has 19 heavy (non-hydrogen) atoms. The van der Waals surface area contributed by atoms with Crippen molar-refractivity contribution in [1.29, 1.82) is 0 Å². The number of rotatable bonds is 6. The summed E-state index contributed by atoms with van der Waals surface area (Å²) in [5.74, 6) is 1.06. The number of phenols is 1. The SMILES string of the molecule is CCC(C)N(CCOC)C1COc2cc(O)ccc21. The Morgan fingerprint density at radius 1 is 1.53 bits per heavy atom. The molecule has 0 spiro atoms. The van der Waals surface area contributed by atoms with Gasteiger partial charge in [0.2, 0.25) is 0 Å². The third-order valence-electron chi connectivity index (χ3n) is 3.86. The molecular formula is C15H23NO3. The monoisotopic (exact) mass is 265 g/mol. The molecule has 1 heterocycles. The summed E-state index contributed by atoms with van der Waals surface area (Å²) < 4.78 is 10.9. The largest absolute Gasteiger partial charge is 0.508 e. The molecule has 0 saturated heterocycles. The molecule has 0 bridgehead atoms. The van der Waals surface area contributed by atoms with Crippen molar-refractivity contribution in [1.82, 2.24) is 4.90 Å². The third-order valence-corrected chi connectivity index (χ3v) is 3.86. The lowest BCUT2D eigenvalue weighted by atomic mass is 10.0.